The molecule has 1 aromatic carbocycles. The van der Waals surface area contributed by atoms with Gasteiger partial charge in [-0.05, 0) is 17.9 Å². The van der Waals surface area contributed by atoms with Crippen molar-refractivity contribution in [1.29, 1.82) is 0 Å². The van der Waals surface area contributed by atoms with Gasteiger partial charge in [0.15, 0.2) is 0 Å². The first-order valence-electron chi connectivity index (χ1n) is 6.53. The highest BCUT2D eigenvalue weighted by Gasteiger charge is 2.22. The van der Waals surface area contributed by atoms with E-state index in [4.69, 9.17) is 0 Å². The number of benzene rings is 1. The Morgan fingerprint density at radius 2 is 1.90 bits per heavy atom. The van der Waals surface area contributed by atoms with Gasteiger partial charge in [-0.25, -0.2) is 13.1 Å². The van der Waals surface area contributed by atoms with E-state index in [9.17, 15) is 18.5 Å². The third kappa shape index (κ3) is 4.98. The zero-order chi connectivity index (χ0) is 16.3. The summed E-state index contributed by atoms with van der Waals surface area (Å²) in [6.45, 7) is 6.30. The van der Waals surface area contributed by atoms with Crippen molar-refractivity contribution in [3.05, 3.63) is 28.3 Å². The molecule has 21 heavy (non-hydrogen) atoms. The number of sulfonamides is 1. The molecule has 0 fully saturated rings. The first-order valence-corrected chi connectivity index (χ1v) is 8.01. The van der Waals surface area contributed by atoms with Crippen LogP contribution in [0.2, 0.25) is 0 Å². The molecule has 7 nitrogen and oxygen atoms in total. The van der Waals surface area contributed by atoms with E-state index in [1.165, 1.54) is 12.1 Å². The van der Waals surface area contributed by atoms with Crippen LogP contribution in [-0.2, 0) is 10.0 Å². The van der Waals surface area contributed by atoms with Crippen molar-refractivity contribution in [1.82, 2.24) is 4.72 Å². The summed E-state index contributed by atoms with van der Waals surface area (Å²) in [6, 6.07) is 3.71. The number of anilines is 1. The van der Waals surface area contributed by atoms with Crippen molar-refractivity contribution in [2.45, 2.75) is 32.1 Å². The number of nitro benzene ring substituents is 1. The summed E-state index contributed by atoms with van der Waals surface area (Å²) < 4.78 is 27.1. The minimum atomic E-state index is -3.80. The van der Waals surface area contributed by atoms with E-state index in [1.54, 1.807) is 7.05 Å². The van der Waals surface area contributed by atoms with Crippen molar-refractivity contribution in [3.8, 4) is 0 Å². The molecule has 0 aliphatic heterocycles. The standard InChI is InChI=1S/C13H21N3O4S/c1-13(2,3)7-8-15-21(19,20)12-9-10(16(17)18)5-6-11(12)14-4/h5-6,9,14-15H,7-8H2,1-4H3. The average Bonchev–Trinajstić information content (AvgIpc) is 2.36. The summed E-state index contributed by atoms with van der Waals surface area (Å²) in [5.41, 5.74) is 0.0610. The van der Waals surface area contributed by atoms with Gasteiger partial charge in [0.25, 0.3) is 5.69 Å². The van der Waals surface area contributed by atoms with Gasteiger partial charge in [0.2, 0.25) is 10.0 Å². The molecular formula is C13H21N3O4S. The fourth-order valence-electron chi connectivity index (χ4n) is 1.69. The molecule has 0 spiro atoms. The molecule has 1 aromatic rings. The number of nitro groups is 1. The lowest BCUT2D eigenvalue weighted by Crippen LogP contribution is -2.28. The molecule has 0 unspecified atom stereocenters. The number of rotatable bonds is 6. The predicted octanol–water partition coefficient (Wildman–Crippen LogP) is 2.35. The third-order valence-electron chi connectivity index (χ3n) is 2.90. The lowest BCUT2D eigenvalue weighted by Gasteiger charge is -2.18. The fourth-order valence-corrected chi connectivity index (χ4v) is 2.95. The van der Waals surface area contributed by atoms with Crippen LogP contribution in [0.4, 0.5) is 11.4 Å². The van der Waals surface area contributed by atoms with Crippen LogP contribution in [0.25, 0.3) is 0 Å². The Labute approximate surface area is 124 Å². The smallest absolute Gasteiger partial charge is 0.270 e. The molecule has 0 saturated carbocycles. The van der Waals surface area contributed by atoms with Gasteiger partial charge in [-0.15, -0.1) is 0 Å². The Bertz CT molecular complexity index is 621. The number of hydrogen-bond acceptors (Lipinski definition) is 5. The van der Waals surface area contributed by atoms with E-state index in [0.29, 0.717) is 12.1 Å². The van der Waals surface area contributed by atoms with Crippen molar-refractivity contribution in [2.75, 3.05) is 18.9 Å². The van der Waals surface area contributed by atoms with Crippen LogP contribution in [0.5, 0.6) is 0 Å². The fraction of sp³-hybridized carbons (Fsp3) is 0.538. The lowest BCUT2D eigenvalue weighted by molar-refractivity contribution is -0.385. The molecule has 0 aliphatic carbocycles. The first-order chi connectivity index (χ1) is 9.57. The zero-order valence-electron chi connectivity index (χ0n) is 12.6. The maximum Gasteiger partial charge on any atom is 0.270 e. The minimum absolute atomic E-state index is 0.00294. The highest BCUT2D eigenvalue weighted by molar-refractivity contribution is 7.89. The van der Waals surface area contributed by atoms with Crippen LogP contribution in [-0.4, -0.2) is 26.9 Å². The number of hydrogen-bond donors (Lipinski definition) is 2. The number of non-ortho nitro benzene ring substituents is 1. The molecule has 0 radical (unpaired) electrons. The highest BCUT2D eigenvalue weighted by atomic mass is 32.2. The van der Waals surface area contributed by atoms with Gasteiger partial charge in [0.05, 0.1) is 10.6 Å². The SMILES string of the molecule is CNc1ccc([N+](=O)[O-])cc1S(=O)(=O)NCCC(C)(C)C. The maximum atomic E-state index is 12.3. The van der Waals surface area contributed by atoms with Crippen molar-refractivity contribution < 1.29 is 13.3 Å². The molecule has 0 aliphatic rings. The van der Waals surface area contributed by atoms with Gasteiger partial charge >= 0.3 is 0 Å². The summed E-state index contributed by atoms with van der Waals surface area (Å²) >= 11 is 0. The van der Waals surface area contributed by atoms with E-state index in [-0.39, 0.29) is 22.5 Å². The van der Waals surface area contributed by atoms with Crippen LogP contribution in [0.15, 0.2) is 23.1 Å². The van der Waals surface area contributed by atoms with Gasteiger partial charge in [-0.1, -0.05) is 20.8 Å². The van der Waals surface area contributed by atoms with Gasteiger partial charge in [0.1, 0.15) is 4.90 Å². The second kappa shape index (κ2) is 6.40. The summed E-state index contributed by atoms with van der Waals surface area (Å²) in [6.07, 6.45) is 0.663. The molecule has 0 saturated heterocycles. The van der Waals surface area contributed by atoms with E-state index < -0.39 is 14.9 Å². The zero-order valence-corrected chi connectivity index (χ0v) is 13.5. The molecular weight excluding hydrogens is 294 g/mol. The summed E-state index contributed by atoms with van der Waals surface area (Å²) in [7, 11) is -2.23. The highest BCUT2D eigenvalue weighted by Crippen LogP contribution is 2.26. The predicted molar refractivity (Wildman–Crippen MR) is 81.9 cm³/mol. The van der Waals surface area contributed by atoms with Gasteiger partial charge in [-0.3, -0.25) is 10.1 Å². The monoisotopic (exact) mass is 315 g/mol. The third-order valence-corrected chi connectivity index (χ3v) is 4.40. The van der Waals surface area contributed by atoms with E-state index in [2.05, 4.69) is 10.0 Å². The second-order valence-corrected chi connectivity index (χ2v) is 7.63. The molecule has 0 aromatic heterocycles. The van der Waals surface area contributed by atoms with Crippen molar-refractivity contribution in [2.24, 2.45) is 5.41 Å². The lowest BCUT2D eigenvalue weighted by atomic mass is 9.93. The summed E-state index contributed by atoms with van der Waals surface area (Å²) in [5, 5.41) is 13.5. The van der Waals surface area contributed by atoms with Crippen LogP contribution >= 0.6 is 0 Å². The molecule has 1 rings (SSSR count). The van der Waals surface area contributed by atoms with Crippen LogP contribution < -0.4 is 10.0 Å². The van der Waals surface area contributed by atoms with Gasteiger partial charge in [0, 0.05) is 25.7 Å². The van der Waals surface area contributed by atoms with E-state index in [0.717, 1.165) is 6.07 Å². The Morgan fingerprint density at radius 1 is 1.29 bits per heavy atom. The molecule has 0 bridgehead atoms. The summed E-state index contributed by atoms with van der Waals surface area (Å²) in [5.74, 6) is 0. The molecule has 0 amide bonds. The average molecular weight is 315 g/mol. The van der Waals surface area contributed by atoms with E-state index in [1.807, 2.05) is 20.8 Å². The molecule has 118 valence electrons. The molecule has 2 N–H and O–H groups in total. The Hall–Kier alpha value is -1.67. The topological polar surface area (TPSA) is 101 Å². The van der Waals surface area contributed by atoms with Crippen LogP contribution in [0.1, 0.15) is 27.2 Å². The number of nitrogens with zero attached hydrogens (tertiary/aromatic N) is 1. The van der Waals surface area contributed by atoms with Crippen LogP contribution in [0.3, 0.4) is 0 Å². The van der Waals surface area contributed by atoms with Gasteiger partial charge in [-0.2, -0.15) is 0 Å². The Balaban J connectivity index is 3.06. The van der Waals surface area contributed by atoms with Crippen molar-refractivity contribution >= 4 is 21.4 Å². The molecule has 0 heterocycles. The van der Waals surface area contributed by atoms with Crippen LogP contribution in [0, 0.1) is 15.5 Å². The quantitative estimate of drug-likeness (QED) is 0.620. The second-order valence-electron chi connectivity index (χ2n) is 5.90. The largest absolute Gasteiger partial charge is 0.387 e. The van der Waals surface area contributed by atoms with Gasteiger partial charge < -0.3 is 5.32 Å². The Morgan fingerprint density at radius 3 is 2.38 bits per heavy atom. The summed E-state index contributed by atoms with van der Waals surface area (Å²) in [4.78, 5) is 10.1. The Kier molecular flexibility index (Phi) is 5.30. The first kappa shape index (κ1) is 17.4. The minimum Gasteiger partial charge on any atom is -0.387 e. The van der Waals surface area contributed by atoms with E-state index >= 15 is 0 Å². The molecule has 8 heteroatoms. The maximum absolute atomic E-state index is 12.3. The number of nitrogens with one attached hydrogen (secondary N) is 2. The van der Waals surface area contributed by atoms with Crippen molar-refractivity contribution in [3.63, 3.8) is 0 Å². The molecule has 0 atom stereocenters. The normalized spacial score (nSPS) is 12.2.